The van der Waals surface area contributed by atoms with Gasteiger partial charge in [-0.3, -0.25) is 4.79 Å². The molecule has 0 spiro atoms. The van der Waals surface area contributed by atoms with Crippen molar-refractivity contribution in [2.75, 3.05) is 19.8 Å². The number of fused-ring (bicyclic) bond motifs is 1. The fraction of sp³-hybridized carbons (Fsp3) is 0.381. The highest BCUT2D eigenvalue weighted by Gasteiger charge is 2.28. The predicted molar refractivity (Wildman–Crippen MR) is 102 cm³/mol. The number of rotatable bonds is 4. The van der Waals surface area contributed by atoms with Crippen LogP contribution in [0.1, 0.15) is 17.5 Å². The molecule has 5 heteroatoms. The van der Waals surface area contributed by atoms with Crippen LogP contribution in [0.3, 0.4) is 0 Å². The maximum atomic E-state index is 12.2. The monoisotopic (exact) mass is 371 g/mol. The highest BCUT2D eigenvalue weighted by molar-refractivity contribution is 6.30. The highest BCUT2D eigenvalue weighted by Crippen LogP contribution is 2.40. The van der Waals surface area contributed by atoms with E-state index >= 15 is 0 Å². The van der Waals surface area contributed by atoms with Crippen molar-refractivity contribution in [1.29, 1.82) is 0 Å². The lowest BCUT2D eigenvalue weighted by molar-refractivity contribution is -0.125. The summed E-state index contributed by atoms with van der Waals surface area (Å²) in [6.07, 6.45) is 1.57. The molecule has 1 N–H and O–H groups in total. The molecule has 2 atom stereocenters. The van der Waals surface area contributed by atoms with Crippen LogP contribution < -0.4 is 10.1 Å². The third kappa shape index (κ3) is 3.57. The summed E-state index contributed by atoms with van der Waals surface area (Å²) in [5.41, 5.74) is 4.56. The van der Waals surface area contributed by atoms with E-state index in [0.717, 1.165) is 34.7 Å². The van der Waals surface area contributed by atoms with Gasteiger partial charge in [0.2, 0.25) is 5.91 Å². The van der Waals surface area contributed by atoms with Crippen molar-refractivity contribution in [3.63, 3.8) is 0 Å². The van der Waals surface area contributed by atoms with E-state index in [0.29, 0.717) is 19.8 Å². The van der Waals surface area contributed by atoms with Crippen molar-refractivity contribution < 1.29 is 14.3 Å². The van der Waals surface area contributed by atoms with Gasteiger partial charge in [0.25, 0.3) is 0 Å². The largest absolute Gasteiger partial charge is 0.487 e. The quantitative estimate of drug-likeness (QED) is 0.889. The first-order valence-electron chi connectivity index (χ1n) is 9.02. The Morgan fingerprint density at radius 3 is 2.81 bits per heavy atom. The van der Waals surface area contributed by atoms with Crippen LogP contribution in [-0.4, -0.2) is 31.8 Å². The lowest BCUT2D eigenvalue weighted by Crippen LogP contribution is -2.38. The number of aryl methyl sites for hydroxylation is 1. The fourth-order valence-corrected chi connectivity index (χ4v) is 3.78. The minimum atomic E-state index is -0.0379. The second-order valence-electron chi connectivity index (χ2n) is 7.06. The highest BCUT2D eigenvalue weighted by atomic mass is 35.5. The molecule has 0 bridgehead atoms. The van der Waals surface area contributed by atoms with Crippen LogP contribution >= 0.6 is 11.6 Å². The van der Waals surface area contributed by atoms with Crippen molar-refractivity contribution in [2.24, 2.45) is 5.92 Å². The number of nitrogens with one attached hydrogen (secondary N) is 1. The molecule has 0 aliphatic carbocycles. The van der Waals surface area contributed by atoms with E-state index < -0.39 is 0 Å². The average molecular weight is 372 g/mol. The molecule has 1 fully saturated rings. The summed E-state index contributed by atoms with van der Waals surface area (Å²) in [4.78, 5) is 12.2. The van der Waals surface area contributed by atoms with Crippen LogP contribution in [0, 0.1) is 12.8 Å². The Hall–Kier alpha value is -2.04. The van der Waals surface area contributed by atoms with Crippen molar-refractivity contribution in [2.45, 2.75) is 25.9 Å². The Kier molecular flexibility index (Phi) is 4.88. The van der Waals surface area contributed by atoms with Crippen LogP contribution in [0.15, 0.2) is 36.4 Å². The molecular weight excluding hydrogens is 350 g/mol. The van der Waals surface area contributed by atoms with Gasteiger partial charge in [-0.1, -0.05) is 29.8 Å². The van der Waals surface area contributed by atoms with E-state index in [2.05, 4.69) is 24.4 Å². The molecule has 136 valence electrons. The van der Waals surface area contributed by atoms with Crippen LogP contribution in [-0.2, 0) is 16.0 Å². The van der Waals surface area contributed by atoms with Gasteiger partial charge in [-0.2, -0.15) is 0 Å². The smallest absolute Gasteiger partial charge is 0.225 e. The number of halogens is 1. The summed E-state index contributed by atoms with van der Waals surface area (Å²) >= 11 is 6.02. The van der Waals surface area contributed by atoms with Gasteiger partial charge in [0.15, 0.2) is 0 Å². The zero-order valence-corrected chi connectivity index (χ0v) is 15.5. The number of ether oxygens (including phenoxy) is 2. The number of carbonyl (C=O) groups excluding carboxylic acids is 1. The molecular formula is C21H22ClNO3. The molecule has 2 aromatic rings. The second-order valence-corrected chi connectivity index (χ2v) is 7.49. The summed E-state index contributed by atoms with van der Waals surface area (Å²) < 4.78 is 11.5. The molecule has 26 heavy (non-hydrogen) atoms. The van der Waals surface area contributed by atoms with Gasteiger partial charge >= 0.3 is 0 Å². The second kappa shape index (κ2) is 7.29. The van der Waals surface area contributed by atoms with Crippen molar-refractivity contribution in [3.8, 4) is 16.9 Å². The molecule has 0 radical (unpaired) electrons. The Labute approximate surface area is 158 Å². The number of carbonyl (C=O) groups is 1. The number of benzene rings is 2. The third-order valence-electron chi connectivity index (χ3n) is 5.00. The van der Waals surface area contributed by atoms with Crippen molar-refractivity contribution >= 4 is 17.5 Å². The van der Waals surface area contributed by atoms with E-state index in [4.69, 9.17) is 21.1 Å². The van der Waals surface area contributed by atoms with Gasteiger partial charge in [-0.25, -0.2) is 0 Å². The van der Waals surface area contributed by atoms with Crippen LogP contribution in [0.5, 0.6) is 5.75 Å². The molecule has 0 aromatic heterocycles. The molecule has 2 unspecified atom stereocenters. The minimum Gasteiger partial charge on any atom is -0.487 e. The van der Waals surface area contributed by atoms with E-state index in [1.54, 1.807) is 0 Å². The number of hydrogen-bond acceptors (Lipinski definition) is 3. The maximum absolute atomic E-state index is 12.2. The van der Waals surface area contributed by atoms with E-state index in [1.807, 2.05) is 24.3 Å². The molecule has 1 amide bonds. The summed E-state index contributed by atoms with van der Waals surface area (Å²) in [6, 6.07) is 12.1. The zero-order valence-electron chi connectivity index (χ0n) is 14.8. The molecule has 2 aliphatic rings. The molecule has 1 saturated heterocycles. The fourth-order valence-electron chi connectivity index (χ4n) is 3.65. The third-order valence-corrected chi connectivity index (χ3v) is 5.25. The summed E-state index contributed by atoms with van der Waals surface area (Å²) in [5.74, 6) is 0.961. The Balaban J connectivity index is 1.48. The topological polar surface area (TPSA) is 47.6 Å². The Bertz CT molecular complexity index is 813. The molecule has 2 aliphatic heterocycles. The Morgan fingerprint density at radius 2 is 2.08 bits per heavy atom. The first kappa shape index (κ1) is 17.4. The first-order valence-corrected chi connectivity index (χ1v) is 9.39. The van der Waals surface area contributed by atoms with Crippen molar-refractivity contribution in [3.05, 3.63) is 52.5 Å². The first-order chi connectivity index (χ1) is 12.6. The van der Waals surface area contributed by atoms with Gasteiger partial charge in [0.1, 0.15) is 11.9 Å². The van der Waals surface area contributed by atoms with Gasteiger partial charge < -0.3 is 14.8 Å². The minimum absolute atomic E-state index is 0.0225. The standard InChI is InChI=1S/C21H22ClNO3/c1-13-8-16-10-18(11-23-21(24)15-6-7-25-12-15)26-20(16)19(9-13)14-2-4-17(22)5-3-14/h2-5,8-9,15,18H,6-7,10-12H2,1H3,(H,23,24). The van der Waals surface area contributed by atoms with Gasteiger partial charge in [-0.15, -0.1) is 0 Å². The predicted octanol–water partition coefficient (Wildman–Crippen LogP) is 3.77. The number of hydrogen-bond donors (Lipinski definition) is 1. The molecule has 0 saturated carbocycles. The average Bonchev–Trinajstić information content (AvgIpc) is 3.29. The summed E-state index contributed by atoms with van der Waals surface area (Å²) in [7, 11) is 0. The molecule has 4 nitrogen and oxygen atoms in total. The molecule has 2 aromatic carbocycles. The lowest BCUT2D eigenvalue weighted by atomic mass is 9.98. The van der Waals surface area contributed by atoms with Crippen LogP contribution in [0.25, 0.3) is 11.1 Å². The summed E-state index contributed by atoms with van der Waals surface area (Å²) in [6.45, 7) is 3.81. The van der Waals surface area contributed by atoms with Gasteiger partial charge in [0, 0.05) is 23.6 Å². The normalized spacial score (nSPS) is 21.3. The van der Waals surface area contributed by atoms with Crippen LogP contribution in [0.4, 0.5) is 0 Å². The molecule has 4 rings (SSSR count). The van der Waals surface area contributed by atoms with Crippen LogP contribution in [0.2, 0.25) is 5.02 Å². The molecule has 2 heterocycles. The zero-order chi connectivity index (χ0) is 18.1. The Morgan fingerprint density at radius 1 is 1.27 bits per heavy atom. The SMILES string of the molecule is Cc1cc2c(c(-c3ccc(Cl)cc3)c1)OC(CNC(=O)C1CCOC1)C2. The van der Waals surface area contributed by atoms with Gasteiger partial charge in [0.05, 0.1) is 19.1 Å². The van der Waals surface area contributed by atoms with Crippen molar-refractivity contribution in [1.82, 2.24) is 5.32 Å². The lowest BCUT2D eigenvalue weighted by Gasteiger charge is -2.15. The summed E-state index contributed by atoms with van der Waals surface area (Å²) in [5, 5.41) is 3.74. The van der Waals surface area contributed by atoms with Gasteiger partial charge in [-0.05, 0) is 48.2 Å². The maximum Gasteiger partial charge on any atom is 0.225 e. The number of amides is 1. The van der Waals surface area contributed by atoms with E-state index in [9.17, 15) is 4.79 Å². The van der Waals surface area contributed by atoms with E-state index in [-0.39, 0.29) is 17.9 Å². The van der Waals surface area contributed by atoms with E-state index in [1.165, 1.54) is 11.1 Å².